The first-order valence-electron chi connectivity index (χ1n) is 11.3. The van der Waals surface area contributed by atoms with E-state index in [1.165, 1.54) is 19.4 Å². The largest absolute Gasteiger partial charge is 0.465 e. The maximum absolute atomic E-state index is 12.7. The second-order valence-corrected chi connectivity index (χ2v) is 10.1. The molecule has 2 bridgehead atoms. The summed E-state index contributed by atoms with van der Waals surface area (Å²) in [7, 11) is 1.31. The molecule has 1 saturated carbocycles. The number of fused-ring (bicyclic) bond motifs is 4. The molecule has 2 aromatic rings. The third kappa shape index (κ3) is 4.88. The minimum Gasteiger partial charge on any atom is -0.465 e. The monoisotopic (exact) mass is 457 g/mol. The second-order valence-electron chi connectivity index (χ2n) is 10.1. The molecule has 1 N–H and O–H groups in total. The molecule has 3 aliphatic rings. The van der Waals surface area contributed by atoms with Crippen molar-refractivity contribution in [2.75, 3.05) is 13.7 Å². The number of aryl methyl sites for hydroxylation is 1. The van der Waals surface area contributed by atoms with Gasteiger partial charge in [-0.1, -0.05) is 0 Å². The van der Waals surface area contributed by atoms with Crippen LogP contribution in [0, 0.1) is 0 Å². The first kappa shape index (κ1) is 23.2. The number of carbonyl (C=O) groups is 2. The molecule has 9 heteroatoms. The van der Waals surface area contributed by atoms with Crippen molar-refractivity contribution < 1.29 is 23.8 Å². The first-order chi connectivity index (χ1) is 15.5. The zero-order valence-corrected chi connectivity index (χ0v) is 19.6. The molecular formula is C24H31N3O6. The average Bonchev–Trinajstić information content (AvgIpc) is 2.77. The summed E-state index contributed by atoms with van der Waals surface area (Å²) in [4.78, 5) is 41.2. The Balaban J connectivity index is 1.47. The van der Waals surface area contributed by atoms with E-state index in [2.05, 4.69) is 10.3 Å². The van der Waals surface area contributed by atoms with Crippen LogP contribution in [0.4, 0.5) is 4.79 Å². The molecule has 4 heterocycles. The van der Waals surface area contributed by atoms with Crippen molar-refractivity contribution in [1.29, 1.82) is 0 Å². The molecule has 0 atom stereocenters. The highest BCUT2D eigenvalue weighted by Crippen LogP contribution is 2.45. The van der Waals surface area contributed by atoms with Crippen LogP contribution in [-0.4, -0.2) is 52.1 Å². The Morgan fingerprint density at radius 1 is 1.21 bits per heavy atom. The van der Waals surface area contributed by atoms with E-state index >= 15 is 0 Å². The van der Waals surface area contributed by atoms with E-state index in [-0.39, 0.29) is 11.2 Å². The minimum absolute atomic E-state index is 0.157. The van der Waals surface area contributed by atoms with Crippen molar-refractivity contribution in [3.8, 4) is 0 Å². The molecule has 2 saturated heterocycles. The first-order valence-corrected chi connectivity index (χ1v) is 11.3. The lowest BCUT2D eigenvalue weighted by molar-refractivity contribution is -0.165. The van der Waals surface area contributed by atoms with Gasteiger partial charge in [0.25, 0.3) is 5.56 Å². The van der Waals surface area contributed by atoms with Gasteiger partial charge in [-0.3, -0.25) is 9.78 Å². The van der Waals surface area contributed by atoms with Crippen LogP contribution in [0.1, 0.15) is 63.2 Å². The highest BCUT2D eigenvalue weighted by Gasteiger charge is 2.50. The summed E-state index contributed by atoms with van der Waals surface area (Å²) < 4.78 is 18.1. The Labute approximate surface area is 192 Å². The number of rotatable bonds is 5. The van der Waals surface area contributed by atoms with Crippen LogP contribution >= 0.6 is 0 Å². The lowest BCUT2D eigenvalue weighted by Crippen LogP contribution is -2.63. The molecule has 2 aromatic heterocycles. The van der Waals surface area contributed by atoms with Crippen LogP contribution in [0.5, 0.6) is 0 Å². The normalized spacial score (nSPS) is 24.5. The lowest BCUT2D eigenvalue weighted by atomic mass is 9.70. The molecule has 0 aromatic carbocycles. The fourth-order valence-electron chi connectivity index (χ4n) is 4.71. The van der Waals surface area contributed by atoms with Crippen molar-refractivity contribution in [1.82, 2.24) is 14.9 Å². The number of methoxy groups -OCH3 is 1. The molecule has 5 rings (SSSR count). The van der Waals surface area contributed by atoms with Crippen LogP contribution in [-0.2, 0) is 20.8 Å². The van der Waals surface area contributed by atoms with Crippen LogP contribution < -0.4 is 10.9 Å². The highest BCUT2D eigenvalue weighted by molar-refractivity contribution is 5.92. The third-order valence-corrected chi connectivity index (χ3v) is 6.59. The summed E-state index contributed by atoms with van der Waals surface area (Å²) >= 11 is 0. The van der Waals surface area contributed by atoms with E-state index in [0.717, 1.165) is 25.7 Å². The molecule has 0 radical (unpaired) electrons. The van der Waals surface area contributed by atoms with Gasteiger partial charge in [0.2, 0.25) is 0 Å². The number of carbonyl (C=O) groups excluding carboxylic acids is 2. The van der Waals surface area contributed by atoms with E-state index in [4.69, 9.17) is 14.2 Å². The van der Waals surface area contributed by atoms with Crippen LogP contribution in [0.3, 0.4) is 0 Å². The van der Waals surface area contributed by atoms with E-state index in [0.29, 0.717) is 36.2 Å². The highest BCUT2D eigenvalue weighted by atomic mass is 16.6. The molecular weight excluding hydrogens is 426 g/mol. The predicted octanol–water partition coefficient (Wildman–Crippen LogP) is 3.18. The Morgan fingerprint density at radius 2 is 1.94 bits per heavy atom. The number of amides is 1. The van der Waals surface area contributed by atoms with Gasteiger partial charge in [0.1, 0.15) is 5.60 Å². The minimum atomic E-state index is -0.553. The van der Waals surface area contributed by atoms with Gasteiger partial charge in [-0.25, -0.2) is 9.59 Å². The number of nitrogens with one attached hydrogen (secondary N) is 1. The van der Waals surface area contributed by atoms with Crippen molar-refractivity contribution in [2.45, 2.75) is 76.2 Å². The number of esters is 1. The zero-order valence-electron chi connectivity index (χ0n) is 19.6. The van der Waals surface area contributed by atoms with Crippen LogP contribution in [0.15, 0.2) is 29.2 Å². The van der Waals surface area contributed by atoms with Crippen molar-refractivity contribution in [3.63, 3.8) is 0 Å². The van der Waals surface area contributed by atoms with E-state index in [1.807, 2.05) is 20.8 Å². The fourth-order valence-corrected chi connectivity index (χ4v) is 4.71. The molecule has 1 amide bonds. The van der Waals surface area contributed by atoms with Crippen LogP contribution in [0.25, 0.3) is 11.0 Å². The van der Waals surface area contributed by atoms with Gasteiger partial charge in [0, 0.05) is 18.8 Å². The van der Waals surface area contributed by atoms with Gasteiger partial charge < -0.3 is 24.1 Å². The summed E-state index contributed by atoms with van der Waals surface area (Å²) in [6.07, 6.45) is 4.84. The van der Waals surface area contributed by atoms with Crippen molar-refractivity contribution in [3.05, 3.63) is 40.3 Å². The molecule has 0 unspecified atom stereocenters. The van der Waals surface area contributed by atoms with Crippen LogP contribution in [0.2, 0.25) is 0 Å². The van der Waals surface area contributed by atoms with E-state index < -0.39 is 23.2 Å². The number of aromatic nitrogens is 2. The molecule has 2 aliphatic heterocycles. The zero-order chi connectivity index (χ0) is 23.9. The number of pyridine rings is 2. The maximum atomic E-state index is 12.7. The number of ether oxygens (including phenoxy) is 3. The van der Waals surface area contributed by atoms with Gasteiger partial charge in [0.05, 0.1) is 41.5 Å². The quantitative estimate of drug-likeness (QED) is 0.687. The number of hydrogen-bond donors (Lipinski definition) is 1. The Morgan fingerprint density at radius 3 is 2.55 bits per heavy atom. The van der Waals surface area contributed by atoms with Gasteiger partial charge in [-0.15, -0.1) is 0 Å². The number of alkyl carbamates (subject to hydrolysis) is 1. The van der Waals surface area contributed by atoms with Crippen molar-refractivity contribution >= 4 is 23.1 Å². The topological polar surface area (TPSA) is 109 Å². The number of hydrogen-bond acceptors (Lipinski definition) is 7. The SMILES string of the molecule is COC(=O)c1cnc2ccc(=O)n(CCC34CCC(NC(=O)OC(C)(C)C)(CC3)CO4)c2c1. The van der Waals surface area contributed by atoms with Gasteiger partial charge >= 0.3 is 12.1 Å². The summed E-state index contributed by atoms with van der Waals surface area (Å²) in [6, 6.07) is 4.79. The lowest BCUT2D eigenvalue weighted by Gasteiger charge is -2.53. The smallest absolute Gasteiger partial charge is 0.408 e. The van der Waals surface area contributed by atoms with Gasteiger partial charge in [-0.2, -0.15) is 0 Å². The molecule has 0 spiro atoms. The Kier molecular flexibility index (Phi) is 5.94. The summed E-state index contributed by atoms with van der Waals surface area (Å²) in [5.74, 6) is -0.498. The van der Waals surface area contributed by atoms with Crippen molar-refractivity contribution in [2.24, 2.45) is 0 Å². The third-order valence-electron chi connectivity index (χ3n) is 6.59. The molecule has 33 heavy (non-hydrogen) atoms. The summed E-state index contributed by atoms with van der Waals surface area (Å²) in [6.45, 7) is 6.38. The van der Waals surface area contributed by atoms with E-state index in [1.54, 1.807) is 16.7 Å². The predicted molar refractivity (Wildman–Crippen MR) is 121 cm³/mol. The molecule has 178 valence electrons. The summed E-state index contributed by atoms with van der Waals surface area (Å²) in [5.41, 5.74) is 0.0694. The molecule has 3 fully saturated rings. The van der Waals surface area contributed by atoms with Gasteiger partial charge in [-0.05, 0) is 65.0 Å². The Hall–Kier alpha value is -2.94. The maximum Gasteiger partial charge on any atom is 0.408 e. The Bertz CT molecular complexity index is 1110. The standard InChI is InChI=1S/C24H31N3O6/c1-22(2,3)33-21(30)26-23-7-9-24(10-8-23,32-15-23)11-12-27-18-13-16(20(29)31-4)14-25-17(18)5-6-19(27)28/h5-6,13-14H,7-12,15H2,1-4H3,(H,26,30). The van der Waals surface area contributed by atoms with Gasteiger partial charge in [0.15, 0.2) is 0 Å². The molecule has 1 aliphatic carbocycles. The average molecular weight is 458 g/mol. The summed E-state index contributed by atoms with van der Waals surface area (Å²) in [5, 5.41) is 3.03. The molecule has 9 nitrogen and oxygen atoms in total. The fraction of sp³-hybridized carbons (Fsp3) is 0.583. The number of nitrogens with zero attached hydrogens (tertiary/aromatic N) is 2. The van der Waals surface area contributed by atoms with E-state index in [9.17, 15) is 14.4 Å². The second kappa shape index (κ2) is 8.44.